The largest absolute Gasteiger partial charge is 0.490 e. The highest BCUT2D eigenvalue weighted by molar-refractivity contribution is 9.10. The molecule has 0 spiro atoms. The van der Waals surface area contributed by atoms with Crippen LogP contribution in [0.3, 0.4) is 0 Å². The Bertz CT molecular complexity index is 569. The van der Waals surface area contributed by atoms with Crippen LogP contribution in [0.25, 0.3) is 0 Å². The topological polar surface area (TPSA) is 9.23 Å². The number of rotatable bonds is 5. The molecule has 1 nitrogen and oxygen atoms in total. The van der Waals surface area contributed by atoms with Crippen LogP contribution in [0.15, 0.2) is 53.0 Å². The highest BCUT2D eigenvalue weighted by atomic mass is 79.9. The number of benzene rings is 2. The number of para-hydroxylation sites is 1. The summed E-state index contributed by atoms with van der Waals surface area (Å²) in [5.74, 6) is 1.67. The van der Waals surface area contributed by atoms with E-state index in [-0.39, 0.29) is 0 Å². The molecule has 0 fully saturated rings. The molecule has 0 saturated carbocycles. The lowest BCUT2D eigenvalue weighted by Gasteiger charge is -2.18. The number of ether oxygens (including phenoxy) is 1. The molecular formula is C18H18Br2O. The second-order valence-corrected chi connectivity index (χ2v) is 7.20. The first kappa shape index (κ1) is 15.1. The fourth-order valence-corrected chi connectivity index (χ4v) is 3.67. The summed E-state index contributed by atoms with van der Waals surface area (Å²) in [5.41, 5.74) is 2.73. The molecule has 21 heavy (non-hydrogen) atoms. The predicted octanol–water partition coefficient (Wildman–Crippen LogP) is 5.40. The van der Waals surface area contributed by atoms with Crippen LogP contribution in [0, 0.1) is 5.92 Å². The first-order valence-corrected chi connectivity index (χ1v) is 9.21. The van der Waals surface area contributed by atoms with Crippen molar-refractivity contribution in [1.82, 2.24) is 0 Å². The van der Waals surface area contributed by atoms with Gasteiger partial charge in [-0.1, -0.05) is 62.2 Å². The molecule has 2 atom stereocenters. The van der Waals surface area contributed by atoms with Gasteiger partial charge in [-0.15, -0.1) is 0 Å². The van der Waals surface area contributed by atoms with Crippen LogP contribution < -0.4 is 4.74 Å². The van der Waals surface area contributed by atoms with Crippen molar-refractivity contribution >= 4 is 31.9 Å². The summed E-state index contributed by atoms with van der Waals surface area (Å²) in [7, 11) is 0. The molecular weight excluding hydrogens is 392 g/mol. The molecule has 3 rings (SSSR count). The minimum atomic E-state index is 0.320. The molecule has 0 bridgehead atoms. The van der Waals surface area contributed by atoms with Crippen LogP contribution in [0.1, 0.15) is 17.5 Å². The van der Waals surface area contributed by atoms with E-state index in [2.05, 4.69) is 74.3 Å². The van der Waals surface area contributed by atoms with Crippen molar-refractivity contribution in [2.45, 2.75) is 25.4 Å². The van der Waals surface area contributed by atoms with Crippen molar-refractivity contribution in [2.75, 3.05) is 5.33 Å². The standard InChI is InChI=1S/C18H18Br2O/c19-12-14(9-13-5-7-16(20)8-6-13)10-17-11-15-3-1-2-4-18(15)21-17/h1-8,14,17H,9-12H2. The van der Waals surface area contributed by atoms with Gasteiger partial charge in [0.15, 0.2) is 0 Å². The zero-order valence-electron chi connectivity index (χ0n) is 11.8. The van der Waals surface area contributed by atoms with Gasteiger partial charge >= 0.3 is 0 Å². The van der Waals surface area contributed by atoms with Gasteiger partial charge in [0.25, 0.3) is 0 Å². The average Bonchev–Trinajstić information content (AvgIpc) is 2.91. The molecule has 2 unspecified atom stereocenters. The second-order valence-electron chi connectivity index (χ2n) is 5.64. The number of hydrogen-bond acceptors (Lipinski definition) is 1. The zero-order chi connectivity index (χ0) is 14.7. The molecule has 2 aromatic carbocycles. The van der Waals surface area contributed by atoms with Crippen LogP contribution in [-0.2, 0) is 12.8 Å². The third kappa shape index (κ3) is 3.89. The van der Waals surface area contributed by atoms with Gasteiger partial charge in [-0.05, 0) is 48.1 Å². The predicted molar refractivity (Wildman–Crippen MR) is 94.3 cm³/mol. The molecule has 0 N–H and O–H groups in total. The Labute approximate surface area is 143 Å². The van der Waals surface area contributed by atoms with Gasteiger partial charge in [0.2, 0.25) is 0 Å². The van der Waals surface area contributed by atoms with Gasteiger partial charge in [0, 0.05) is 16.2 Å². The van der Waals surface area contributed by atoms with Gasteiger partial charge in [0.05, 0.1) is 0 Å². The zero-order valence-corrected chi connectivity index (χ0v) is 14.9. The van der Waals surface area contributed by atoms with E-state index >= 15 is 0 Å². The Morgan fingerprint density at radius 1 is 1.10 bits per heavy atom. The average molecular weight is 410 g/mol. The lowest BCUT2D eigenvalue weighted by molar-refractivity contribution is 0.199. The fourth-order valence-electron chi connectivity index (χ4n) is 2.91. The van der Waals surface area contributed by atoms with E-state index in [4.69, 9.17) is 4.74 Å². The van der Waals surface area contributed by atoms with E-state index in [9.17, 15) is 0 Å². The molecule has 0 aromatic heterocycles. The third-order valence-corrected chi connectivity index (χ3v) is 5.41. The minimum absolute atomic E-state index is 0.320. The molecule has 0 saturated heterocycles. The highest BCUT2D eigenvalue weighted by Gasteiger charge is 2.25. The SMILES string of the molecule is BrCC(Cc1ccc(Br)cc1)CC1Cc2ccccc2O1. The fraction of sp³-hybridized carbons (Fsp3) is 0.333. The van der Waals surface area contributed by atoms with Crippen LogP contribution in [0.2, 0.25) is 0 Å². The maximum atomic E-state index is 6.07. The van der Waals surface area contributed by atoms with E-state index in [0.717, 1.165) is 34.8 Å². The molecule has 110 valence electrons. The van der Waals surface area contributed by atoms with Crippen molar-refractivity contribution in [3.05, 3.63) is 64.1 Å². The van der Waals surface area contributed by atoms with Gasteiger partial charge in [-0.2, -0.15) is 0 Å². The monoisotopic (exact) mass is 408 g/mol. The first-order valence-electron chi connectivity index (χ1n) is 7.29. The Morgan fingerprint density at radius 2 is 1.86 bits per heavy atom. The summed E-state index contributed by atoms with van der Waals surface area (Å²) in [6, 6.07) is 17.0. The number of hydrogen-bond donors (Lipinski definition) is 0. The van der Waals surface area contributed by atoms with Gasteiger partial charge in [0.1, 0.15) is 11.9 Å². The normalized spacial score (nSPS) is 18.1. The van der Waals surface area contributed by atoms with Gasteiger partial charge < -0.3 is 4.74 Å². The lowest BCUT2D eigenvalue weighted by Crippen LogP contribution is -2.20. The molecule has 0 aliphatic carbocycles. The van der Waals surface area contributed by atoms with E-state index < -0.39 is 0 Å². The van der Waals surface area contributed by atoms with Crippen molar-refractivity contribution in [2.24, 2.45) is 5.92 Å². The van der Waals surface area contributed by atoms with Crippen molar-refractivity contribution in [3.8, 4) is 5.75 Å². The quantitative estimate of drug-likeness (QED) is 0.601. The summed E-state index contributed by atoms with van der Waals surface area (Å²) >= 11 is 7.15. The Kier molecular flexibility index (Phi) is 5.02. The first-order chi connectivity index (χ1) is 10.2. The number of halogens is 2. The molecule has 0 radical (unpaired) electrons. The highest BCUT2D eigenvalue weighted by Crippen LogP contribution is 2.32. The van der Waals surface area contributed by atoms with Crippen LogP contribution in [-0.4, -0.2) is 11.4 Å². The molecule has 1 aliphatic rings. The smallest absolute Gasteiger partial charge is 0.123 e. The van der Waals surface area contributed by atoms with Crippen molar-refractivity contribution < 1.29 is 4.74 Å². The summed E-state index contributed by atoms with van der Waals surface area (Å²) < 4.78 is 7.20. The Balaban J connectivity index is 1.60. The summed E-state index contributed by atoms with van der Waals surface area (Å²) in [6.45, 7) is 0. The lowest BCUT2D eigenvalue weighted by atomic mass is 9.94. The van der Waals surface area contributed by atoms with Gasteiger partial charge in [-0.3, -0.25) is 0 Å². The van der Waals surface area contributed by atoms with E-state index in [1.54, 1.807) is 0 Å². The molecule has 1 aliphatic heterocycles. The minimum Gasteiger partial charge on any atom is -0.490 e. The van der Waals surface area contributed by atoms with E-state index in [1.165, 1.54) is 11.1 Å². The van der Waals surface area contributed by atoms with E-state index in [1.807, 2.05) is 6.07 Å². The Hall–Kier alpha value is -0.800. The molecule has 0 amide bonds. The third-order valence-electron chi connectivity index (χ3n) is 3.97. The maximum absolute atomic E-state index is 6.07. The van der Waals surface area contributed by atoms with Crippen molar-refractivity contribution in [3.63, 3.8) is 0 Å². The molecule has 2 aromatic rings. The van der Waals surface area contributed by atoms with Crippen molar-refractivity contribution in [1.29, 1.82) is 0 Å². The summed E-state index contributed by atoms with van der Waals surface area (Å²) in [4.78, 5) is 0. The summed E-state index contributed by atoms with van der Waals surface area (Å²) in [5, 5.41) is 1.01. The van der Waals surface area contributed by atoms with E-state index in [0.29, 0.717) is 12.0 Å². The Morgan fingerprint density at radius 3 is 2.57 bits per heavy atom. The van der Waals surface area contributed by atoms with Crippen LogP contribution >= 0.6 is 31.9 Å². The van der Waals surface area contributed by atoms with Crippen LogP contribution in [0.5, 0.6) is 5.75 Å². The maximum Gasteiger partial charge on any atom is 0.123 e. The van der Waals surface area contributed by atoms with Crippen LogP contribution in [0.4, 0.5) is 0 Å². The number of fused-ring (bicyclic) bond motifs is 1. The van der Waals surface area contributed by atoms with Gasteiger partial charge in [-0.25, -0.2) is 0 Å². The molecule has 1 heterocycles. The summed E-state index contributed by atoms with van der Waals surface area (Å²) in [6.07, 6.45) is 3.55. The second kappa shape index (κ2) is 6.97. The number of alkyl halides is 1. The molecule has 3 heteroatoms.